The van der Waals surface area contributed by atoms with E-state index in [4.69, 9.17) is 14.2 Å². The third-order valence-electron chi connectivity index (χ3n) is 4.50. The maximum Gasteiger partial charge on any atom is 0.340 e. The SMILES string of the molecule is Cc1cc(OC(=O)C2CCCO2)cc2c1C(=O)/C(=C/c1cccc(Br)c1)O2. The molecule has 0 bridgehead atoms. The first-order valence-corrected chi connectivity index (χ1v) is 9.48. The molecule has 0 spiro atoms. The molecule has 2 aromatic carbocycles. The zero-order valence-electron chi connectivity index (χ0n) is 14.7. The van der Waals surface area contributed by atoms with Crippen LogP contribution in [-0.4, -0.2) is 24.5 Å². The van der Waals surface area contributed by atoms with Crippen LogP contribution in [0.2, 0.25) is 0 Å². The average molecular weight is 429 g/mol. The van der Waals surface area contributed by atoms with Crippen molar-refractivity contribution in [1.82, 2.24) is 0 Å². The van der Waals surface area contributed by atoms with Crippen LogP contribution in [0, 0.1) is 6.92 Å². The fourth-order valence-electron chi connectivity index (χ4n) is 3.23. The third kappa shape index (κ3) is 3.68. The van der Waals surface area contributed by atoms with Gasteiger partial charge in [0.15, 0.2) is 11.9 Å². The molecule has 5 nitrogen and oxygen atoms in total. The van der Waals surface area contributed by atoms with Crippen molar-refractivity contribution in [3.63, 3.8) is 0 Å². The van der Waals surface area contributed by atoms with E-state index < -0.39 is 12.1 Å². The number of ether oxygens (including phenoxy) is 3. The fraction of sp³-hybridized carbons (Fsp3) is 0.238. The Morgan fingerprint density at radius 2 is 2.15 bits per heavy atom. The van der Waals surface area contributed by atoms with E-state index in [0.717, 1.165) is 16.5 Å². The molecule has 1 unspecified atom stereocenters. The molecule has 2 aromatic rings. The predicted octanol–water partition coefficient (Wildman–Crippen LogP) is 4.46. The number of aryl methyl sites for hydroxylation is 1. The number of fused-ring (bicyclic) bond motifs is 1. The number of allylic oxidation sites excluding steroid dienone is 1. The zero-order valence-corrected chi connectivity index (χ0v) is 16.2. The van der Waals surface area contributed by atoms with Gasteiger partial charge in [-0.15, -0.1) is 0 Å². The summed E-state index contributed by atoms with van der Waals surface area (Å²) in [6, 6.07) is 10.8. The summed E-state index contributed by atoms with van der Waals surface area (Å²) >= 11 is 3.41. The molecule has 0 saturated carbocycles. The van der Waals surface area contributed by atoms with Crippen LogP contribution in [-0.2, 0) is 9.53 Å². The highest BCUT2D eigenvalue weighted by atomic mass is 79.9. The molecule has 0 amide bonds. The highest BCUT2D eigenvalue weighted by Crippen LogP contribution is 2.38. The minimum Gasteiger partial charge on any atom is -0.452 e. The van der Waals surface area contributed by atoms with Crippen molar-refractivity contribution >= 4 is 33.8 Å². The molecule has 138 valence electrons. The van der Waals surface area contributed by atoms with Gasteiger partial charge in [0.25, 0.3) is 0 Å². The summed E-state index contributed by atoms with van der Waals surface area (Å²) in [5, 5.41) is 0. The van der Waals surface area contributed by atoms with Crippen molar-refractivity contribution in [3.05, 3.63) is 63.3 Å². The smallest absolute Gasteiger partial charge is 0.340 e. The Bertz CT molecular complexity index is 957. The standard InChI is InChI=1S/C21H17BrO5/c1-12-8-15(26-21(24)16-6-3-7-25-16)11-17-19(12)20(23)18(27-17)10-13-4-2-5-14(22)9-13/h2,4-5,8-11,16H,3,6-7H2,1H3/b18-10-. The Morgan fingerprint density at radius 1 is 1.30 bits per heavy atom. The van der Waals surface area contributed by atoms with Crippen molar-refractivity contribution < 1.29 is 23.8 Å². The monoisotopic (exact) mass is 428 g/mol. The van der Waals surface area contributed by atoms with Crippen molar-refractivity contribution in [2.75, 3.05) is 6.61 Å². The van der Waals surface area contributed by atoms with Gasteiger partial charge in [-0.25, -0.2) is 4.79 Å². The lowest BCUT2D eigenvalue weighted by Crippen LogP contribution is -2.24. The van der Waals surface area contributed by atoms with E-state index in [-0.39, 0.29) is 11.5 Å². The second-order valence-corrected chi connectivity index (χ2v) is 7.45. The molecular formula is C21H17BrO5. The molecule has 27 heavy (non-hydrogen) atoms. The summed E-state index contributed by atoms with van der Waals surface area (Å²) in [5.74, 6) is 0.397. The van der Waals surface area contributed by atoms with Gasteiger partial charge in [0, 0.05) is 17.1 Å². The van der Waals surface area contributed by atoms with E-state index in [2.05, 4.69) is 15.9 Å². The van der Waals surface area contributed by atoms with Crippen LogP contribution in [0.25, 0.3) is 6.08 Å². The van der Waals surface area contributed by atoms with Gasteiger partial charge in [-0.05, 0) is 55.2 Å². The normalized spacial score (nSPS) is 19.9. The summed E-state index contributed by atoms with van der Waals surface area (Å²) in [4.78, 5) is 24.9. The Balaban J connectivity index is 1.59. The van der Waals surface area contributed by atoms with Crippen LogP contribution in [0.4, 0.5) is 0 Å². The number of Topliss-reactive ketones (excluding diaryl/α,β-unsaturated/α-hetero) is 1. The molecule has 0 radical (unpaired) electrons. The molecule has 0 aliphatic carbocycles. The number of benzene rings is 2. The number of hydrogen-bond acceptors (Lipinski definition) is 5. The van der Waals surface area contributed by atoms with Crippen LogP contribution in [0.3, 0.4) is 0 Å². The topological polar surface area (TPSA) is 61.8 Å². The van der Waals surface area contributed by atoms with Gasteiger partial charge >= 0.3 is 5.97 Å². The Morgan fingerprint density at radius 3 is 2.89 bits per heavy atom. The summed E-state index contributed by atoms with van der Waals surface area (Å²) in [6.07, 6.45) is 2.69. The lowest BCUT2D eigenvalue weighted by molar-refractivity contribution is -0.144. The second-order valence-electron chi connectivity index (χ2n) is 6.53. The Hall–Kier alpha value is -2.44. The quantitative estimate of drug-likeness (QED) is 0.410. The van der Waals surface area contributed by atoms with Crippen molar-refractivity contribution in [1.29, 1.82) is 0 Å². The van der Waals surface area contributed by atoms with Gasteiger partial charge < -0.3 is 14.2 Å². The molecule has 6 heteroatoms. The summed E-state index contributed by atoms with van der Waals surface area (Å²) in [6.45, 7) is 2.37. The van der Waals surface area contributed by atoms with Crippen LogP contribution in [0.1, 0.15) is 34.3 Å². The second kappa shape index (κ2) is 7.29. The number of halogens is 1. The van der Waals surface area contributed by atoms with Gasteiger partial charge in [-0.3, -0.25) is 4.79 Å². The maximum absolute atomic E-state index is 12.7. The lowest BCUT2D eigenvalue weighted by atomic mass is 10.0. The number of carbonyl (C=O) groups is 2. The van der Waals surface area contributed by atoms with Crippen molar-refractivity contribution in [2.24, 2.45) is 0 Å². The van der Waals surface area contributed by atoms with Crippen molar-refractivity contribution in [3.8, 4) is 11.5 Å². The van der Waals surface area contributed by atoms with Crippen LogP contribution in [0.5, 0.6) is 11.5 Å². The van der Waals surface area contributed by atoms with Gasteiger partial charge in [-0.2, -0.15) is 0 Å². The molecule has 1 atom stereocenters. The predicted molar refractivity (Wildman–Crippen MR) is 103 cm³/mol. The highest BCUT2D eigenvalue weighted by molar-refractivity contribution is 9.10. The summed E-state index contributed by atoms with van der Waals surface area (Å²) in [5.41, 5.74) is 2.04. The number of hydrogen-bond donors (Lipinski definition) is 0. The first kappa shape index (κ1) is 17.9. The van der Waals surface area contributed by atoms with E-state index in [1.807, 2.05) is 24.3 Å². The number of carbonyl (C=O) groups excluding carboxylic acids is 2. The molecular weight excluding hydrogens is 412 g/mol. The van der Waals surface area contributed by atoms with E-state index >= 15 is 0 Å². The fourth-order valence-corrected chi connectivity index (χ4v) is 3.65. The number of esters is 1. The van der Waals surface area contributed by atoms with E-state index in [1.165, 1.54) is 0 Å². The molecule has 4 rings (SSSR count). The maximum atomic E-state index is 12.7. The van der Waals surface area contributed by atoms with E-state index in [0.29, 0.717) is 35.7 Å². The van der Waals surface area contributed by atoms with E-state index in [1.54, 1.807) is 25.1 Å². The van der Waals surface area contributed by atoms with Gasteiger partial charge in [0.2, 0.25) is 5.78 Å². The summed E-state index contributed by atoms with van der Waals surface area (Å²) in [7, 11) is 0. The molecule has 0 aromatic heterocycles. The Labute approximate surface area is 165 Å². The largest absolute Gasteiger partial charge is 0.452 e. The van der Waals surface area contributed by atoms with E-state index in [9.17, 15) is 9.59 Å². The molecule has 0 N–H and O–H groups in total. The average Bonchev–Trinajstić information content (AvgIpc) is 3.24. The van der Waals surface area contributed by atoms with Gasteiger partial charge in [0.1, 0.15) is 11.5 Å². The Kier molecular flexibility index (Phi) is 4.85. The van der Waals surface area contributed by atoms with Crippen LogP contribution in [0.15, 0.2) is 46.6 Å². The lowest BCUT2D eigenvalue weighted by Gasteiger charge is -2.11. The van der Waals surface area contributed by atoms with Crippen molar-refractivity contribution in [2.45, 2.75) is 25.9 Å². The molecule has 2 heterocycles. The van der Waals surface area contributed by atoms with Gasteiger partial charge in [0.05, 0.1) is 5.56 Å². The first-order chi connectivity index (χ1) is 13.0. The molecule has 2 aliphatic rings. The zero-order chi connectivity index (χ0) is 19.0. The number of ketones is 1. The van der Waals surface area contributed by atoms with Gasteiger partial charge in [-0.1, -0.05) is 28.1 Å². The van der Waals surface area contributed by atoms with Crippen LogP contribution >= 0.6 is 15.9 Å². The first-order valence-electron chi connectivity index (χ1n) is 8.69. The van der Waals surface area contributed by atoms with Crippen LogP contribution < -0.4 is 9.47 Å². The third-order valence-corrected chi connectivity index (χ3v) is 4.99. The minimum absolute atomic E-state index is 0.181. The molecule has 2 aliphatic heterocycles. The number of rotatable bonds is 3. The molecule has 1 saturated heterocycles. The highest BCUT2D eigenvalue weighted by Gasteiger charge is 2.31. The minimum atomic E-state index is -0.520. The molecule has 1 fully saturated rings. The summed E-state index contributed by atoms with van der Waals surface area (Å²) < 4.78 is 17.5.